The quantitative estimate of drug-likeness (QED) is 0.389. The number of carbonyl (C=O) groups is 2. The van der Waals surface area contributed by atoms with Gasteiger partial charge in [-0.15, -0.1) is 0 Å². The van der Waals surface area contributed by atoms with E-state index in [4.69, 9.17) is 15.3 Å². The summed E-state index contributed by atoms with van der Waals surface area (Å²) >= 11 is 0. The van der Waals surface area contributed by atoms with Crippen LogP contribution in [0.5, 0.6) is 5.75 Å². The Morgan fingerprint density at radius 1 is 1.16 bits per heavy atom. The minimum absolute atomic E-state index is 0.106. The predicted octanol–water partition coefficient (Wildman–Crippen LogP) is 0.538. The van der Waals surface area contributed by atoms with Crippen LogP contribution in [-0.2, 0) is 9.59 Å². The highest BCUT2D eigenvalue weighted by atomic mass is 16.6. The van der Waals surface area contributed by atoms with Crippen molar-refractivity contribution in [2.24, 2.45) is 5.92 Å². The Kier molecular flexibility index (Phi) is 4.41. The number of aromatic hydroxyl groups is 1. The first-order valence-electron chi connectivity index (χ1n) is 5.19. The second-order valence-corrected chi connectivity index (χ2v) is 3.87. The number of phenols is 1. The van der Waals surface area contributed by atoms with Crippen LogP contribution in [0.1, 0.15) is 11.5 Å². The van der Waals surface area contributed by atoms with Crippen molar-refractivity contribution in [1.29, 1.82) is 0 Å². The highest BCUT2D eigenvalue weighted by molar-refractivity contribution is 5.94. The monoisotopic (exact) mass is 269 g/mol. The molecule has 1 aromatic rings. The number of nitro groups is 1. The second kappa shape index (κ2) is 5.80. The molecule has 0 saturated heterocycles. The number of nitrogens with zero attached hydrogens (tertiary/aromatic N) is 1. The van der Waals surface area contributed by atoms with E-state index in [-0.39, 0.29) is 11.3 Å². The fourth-order valence-electron chi connectivity index (χ4n) is 1.74. The zero-order chi connectivity index (χ0) is 14.6. The van der Waals surface area contributed by atoms with E-state index in [2.05, 4.69) is 0 Å². The van der Waals surface area contributed by atoms with Gasteiger partial charge in [0.15, 0.2) is 5.92 Å². The molecule has 0 fully saturated rings. The molecule has 0 radical (unpaired) electrons. The predicted molar refractivity (Wildman–Crippen MR) is 61.5 cm³/mol. The fourth-order valence-corrected chi connectivity index (χ4v) is 1.74. The third kappa shape index (κ3) is 3.66. The number of aliphatic carboxylic acids is 2. The highest BCUT2D eigenvalue weighted by Gasteiger charge is 2.39. The van der Waals surface area contributed by atoms with Crippen molar-refractivity contribution < 1.29 is 29.8 Å². The summed E-state index contributed by atoms with van der Waals surface area (Å²) in [5, 5.41) is 37.5. The summed E-state index contributed by atoms with van der Waals surface area (Å²) in [5.41, 5.74) is 0.171. The van der Waals surface area contributed by atoms with E-state index in [0.717, 1.165) is 0 Å². The lowest BCUT2D eigenvalue weighted by molar-refractivity contribution is -0.484. The van der Waals surface area contributed by atoms with Crippen molar-refractivity contribution in [3.63, 3.8) is 0 Å². The number of phenolic OH excluding ortho intramolecular Hbond substituents is 1. The Hall–Kier alpha value is -2.64. The van der Waals surface area contributed by atoms with Gasteiger partial charge in [0, 0.05) is 4.92 Å². The summed E-state index contributed by atoms with van der Waals surface area (Å²) in [5.74, 6) is -6.63. The number of rotatable bonds is 6. The fraction of sp³-hybridized carbons (Fsp3) is 0.273. The van der Waals surface area contributed by atoms with Gasteiger partial charge < -0.3 is 15.3 Å². The van der Waals surface area contributed by atoms with E-state index in [1.807, 2.05) is 0 Å². The number of benzene rings is 1. The second-order valence-electron chi connectivity index (χ2n) is 3.87. The number of carboxylic acid groups (broad SMARTS) is 2. The van der Waals surface area contributed by atoms with E-state index in [9.17, 15) is 19.7 Å². The van der Waals surface area contributed by atoms with Crippen LogP contribution in [0.25, 0.3) is 0 Å². The Labute approximate surface area is 107 Å². The van der Waals surface area contributed by atoms with Crippen molar-refractivity contribution >= 4 is 11.9 Å². The van der Waals surface area contributed by atoms with E-state index in [0.29, 0.717) is 0 Å². The van der Waals surface area contributed by atoms with Gasteiger partial charge in [-0.2, -0.15) is 0 Å². The molecule has 8 nitrogen and oxygen atoms in total. The average Bonchev–Trinajstić information content (AvgIpc) is 2.27. The topological polar surface area (TPSA) is 138 Å². The van der Waals surface area contributed by atoms with Gasteiger partial charge in [-0.25, -0.2) is 0 Å². The Balaban J connectivity index is 3.19. The standard InChI is InChI=1S/C11H11NO7/c13-7-3-1-6(2-4-7)8(5-12(18)19)9(10(14)15)11(16)17/h1-4,8-9,13H,5H2,(H,14,15)(H,16,17). The van der Waals surface area contributed by atoms with Crippen LogP contribution in [0.3, 0.4) is 0 Å². The third-order valence-electron chi connectivity index (χ3n) is 2.60. The van der Waals surface area contributed by atoms with Crippen LogP contribution in [0.2, 0.25) is 0 Å². The summed E-state index contributed by atoms with van der Waals surface area (Å²) < 4.78 is 0. The molecule has 0 aliphatic carbocycles. The smallest absolute Gasteiger partial charge is 0.318 e. The SMILES string of the molecule is O=C(O)C(C(=O)O)C(C[N+](=O)[O-])c1ccc(O)cc1. The van der Waals surface area contributed by atoms with Crippen LogP contribution in [0.4, 0.5) is 0 Å². The van der Waals surface area contributed by atoms with Crippen molar-refractivity contribution in [1.82, 2.24) is 0 Å². The maximum absolute atomic E-state index is 11.0. The summed E-state index contributed by atoms with van der Waals surface area (Å²) in [6.07, 6.45) is 0. The first kappa shape index (κ1) is 14.4. The summed E-state index contributed by atoms with van der Waals surface area (Å²) in [6, 6.07) is 4.96. The lowest BCUT2D eigenvalue weighted by Gasteiger charge is -2.17. The molecule has 1 aromatic carbocycles. The first-order valence-corrected chi connectivity index (χ1v) is 5.19. The first-order chi connectivity index (χ1) is 8.82. The minimum Gasteiger partial charge on any atom is -0.508 e. The molecule has 0 amide bonds. The lowest BCUT2D eigenvalue weighted by atomic mass is 9.86. The Morgan fingerprint density at radius 3 is 2.00 bits per heavy atom. The largest absolute Gasteiger partial charge is 0.508 e. The van der Waals surface area contributed by atoms with Gasteiger partial charge in [0.1, 0.15) is 5.75 Å². The molecule has 0 bridgehead atoms. The molecule has 19 heavy (non-hydrogen) atoms. The molecule has 102 valence electrons. The zero-order valence-electron chi connectivity index (χ0n) is 9.59. The molecule has 0 saturated carbocycles. The van der Waals surface area contributed by atoms with Gasteiger partial charge in [0.25, 0.3) is 0 Å². The molecule has 8 heteroatoms. The number of hydrogen-bond acceptors (Lipinski definition) is 5. The zero-order valence-corrected chi connectivity index (χ0v) is 9.59. The van der Waals surface area contributed by atoms with E-state index < -0.39 is 35.2 Å². The molecule has 0 spiro atoms. The molecule has 0 aliphatic rings. The Bertz CT molecular complexity index is 482. The van der Waals surface area contributed by atoms with Crippen LogP contribution < -0.4 is 0 Å². The van der Waals surface area contributed by atoms with Crippen LogP contribution in [0.15, 0.2) is 24.3 Å². The summed E-state index contributed by atoms with van der Waals surface area (Å²) in [4.78, 5) is 31.7. The van der Waals surface area contributed by atoms with Crippen molar-refractivity contribution in [2.45, 2.75) is 5.92 Å². The van der Waals surface area contributed by atoms with Crippen LogP contribution in [-0.4, -0.2) is 38.7 Å². The molecule has 1 rings (SSSR count). The third-order valence-corrected chi connectivity index (χ3v) is 2.60. The maximum Gasteiger partial charge on any atom is 0.318 e. The van der Waals surface area contributed by atoms with Crippen molar-refractivity contribution in [2.75, 3.05) is 6.54 Å². The molecular weight excluding hydrogens is 258 g/mol. The average molecular weight is 269 g/mol. The molecule has 0 aliphatic heterocycles. The molecule has 0 heterocycles. The Morgan fingerprint density at radius 2 is 1.63 bits per heavy atom. The summed E-state index contributed by atoms with van der Waals surface area (Å²) in [7, 11) is 0. The van der Waals surface area contributed by atoms with Crippen molar-refractivity contribution in [3.05, 3.63) is 39.9 Å². The maximum atomic E-state index is 11.0. The molecule has 1 atom stereocenters. The minimum atomic E-state index is -1.92. The number of hydrogen-bond donors (Lipinski definition) is 3. The van der Waals surface area contributed by atoms with Gasteiger partial charge in [0.05, 0.1) is 5.92 Å². The van der Waals surface area contributed by atoms with Gasteiger partial charge in [-0.1, -0.05) is 12.1 Å². The summed E-state index contributed by atoms with van der Waals surface area (Å²) in [6.45, 7) is -0.825. The van der Waals surface area contributed by atoms with Crippen molar-refractivity contribution in [3.8, 4) is 5.75 Å². The van der Waals surface area contributed by atoms with Crippen LogP contribution in [0, 0.1) is 16.0 Å². The van der Waals surface area contributed by atoms with Gasteiger partial charge in [0.2, 0.25) is 6.54 Å². The molecule has 1 unspecified atom stereocenters. The van der Waals surface area contributed by atoms with Crippen LogP contribution >= 0.6 is 0 Å². The highest BCUT2D eigenvalue weighted by Crippen LogP contribution is 2.27. The van der Waals surface area contributed by atoms with Gasteiger partial charge >= 0.3 is 11.9 Å². The van der Waals surface area contributed by atoms with Gasteiger partial charge in [-0.3, -0.25) is 19.7 Å². The van der Waals surface area contributed by atoms with E-state index >= 15 is 0 Å². The van der Waals surface area contributed by atoms with E-state index in [1.54, 1.807) is 0 Å². The van der Waals surface area contributed by atoms with Gasteiger partial charge in [-0.05, 0) is 17.7 Å². The normalized spacial score (nSPS) is 12.1. The molecule has 0 aromatic heterocycles. The van der Waals surface area contributed by atoms with E-state index in [1.165, 1.54) is 24.3 Å². The molecular formula is C11H11NO7. The molecule has 3 N–H and O–H groups in total. The number of carboxylic acids is 2. The lowest BCUT2D eigenvalue weighted by Crippen LogP contribution is -2.33.